The summed E-state index contributed by atoms with van der Waals surface area (Å²) in [6.45, 7) is 4.55. The van der Waals surface area contributed by atoms with Crippen molar-refractivity contribution in [1.29, 1.82) is 0 Å². The number of hydrogen-bond donors (Lipinski definition) is 1. The van der Waals surface area contributed by atoms with Gasteiger partial charge in [-0.3, -0.25) is 0 Å². The summed E-state index contributed by atoms with van der Waals surface area (Å²) in [5.74, 6) is -1.35. The van der Waals surface area contributed by atoms with Crippen molar-refractivity contribution in [3.05, 3.63) is 12.2 Å². The van der Waals surface area contributed by atoms with E-state index in [0.717, 1.165) is 37.8 Å². The second-order valence-corrected chi connectivity index (χ2v) is 3.72. The summed E-state index contributed by atoms with van der Waals surface area (Å²) in [6, 6.07) is 0. The second kappa shape index (κ2) is 8.95. The fraction of sp³-hybridized carbons (Fsp3) is 0.667. The van der Waals surface area contributed by atoms with Crippen LogP contribution in [0.4, 0.5) is 0 Å². The zero-order chi connectivity index (χ0) is 12.4. The molecule has 1 atom stereocenters. The molecule has 0 bridgehead atoms. The Labute approximate surface area is 96.3 Å². The zero-order valence-electron chi connectivity index (χ0n) is 9.94. The van der Waals surface area contributed by atoms with E-state index < -0.39 is 11.9 Å². The van der Waals surface area contributed by atoms with Crippen LogP contribution in [0.15, 0.2) is 12.2 Å². The van der Waals surface area contributed by atoms with Gasteiger partial charge in [0, 0.05) is 12.2 Å². The van der Waals surface area contributed by atoms with Crippen LogP contribution in [0.25, 0.3) is 0 Å². The molecular formula is C12H20O4. The van der Waals surface area contributed by atoms with Crippen molar-refractivity contribution in [2.24, 2.45) is 5.92 Å². The summed E-state index contributed by atoms with van der Waals surface area (Å²) < 4.78 is 4.95. The summed E-state index contributed by atoms with van der Waals surface area (Å²) >= 11 is 0. The highest BCUT2D eigenvalue weighted by molar-refractivity contribution is 5.90. The molecule has 0 spiro atoms. The molecule has 1 N–H and O–H groups in total. The Kier molecular flexibility index (Phi) is 8.21. The maximum Gasteiger partial charge on any atom is 0.331 e. The van der Waals surface area contributed by atoms with Crippen LogP contribution in [0.5, 0.6) is 0 Å². The molecule has 0 aliphatic carbocycles. The van der Waals surface area contributed by atoms with Gasteiger partial charge in [-0.25, -0.2) is 9.59 Å². The SMILES string of the molecule is CCCCC(CC)COC(=O)C=CC(=O)O. The van der Waals surface area contributed by atoms with E-state index in [2.05, 4.69) is 13.8 Å². The van der Waals surface area contributed by atoms with Gasteiger partial charge >= 0.3 is 11.9 Å². The van der Waals surface area contributed by atoms with E-state index in [-0.39, 0.29) is 0 Å². The van der Waals surface area contributed by atoms with E-state index in [0.29, 0.717) is 12.5 Å². The summed E-state index contributed by atoms with van der Waals surface area (Å²) in [6.07, 6.45) is 5.99. The Morgan fingerprint density at radius 3 is 2.50 bits per heavy atom. The van der Waals surface area contributed by atoms with Gasteiger partial charge in [-0.05, 0) is 12.3 Å². The van der Waals surface area contributed by atoms with E-state index in [9.17, 15) is 9.59 Å². The minimum Gasteiger partial charge on any atom is -0.478 e. The molecule has 1 unspecified atom stereocenters. The summed E-state index contributed by atoms with van der Waals surface area (Å²) in [5.41, 5.74) is 0. The minimum absolute atomic E-state index is 0.374. The van der Waals surface area contributed by atoms with Gasteiger partial charge in [0.15, 0.2) is 0 Å². The molecule has 16 heavy (non-hydrogen) atoms. The van der Waals surface area contributed by atoms with Gasteiger partial charge in [-0.15, -0.1) is 0 Å². The third-order valence-corrected chi connectivity index (χ3v) is 2.37. The summed E-state index contributed by atoms with van der Waals surface area (Å²) in [7, 11) is 0. The van der Waals surface area contributed by atoms with Gasteiger partial charge in [-0.1, -0.05) is 33.1 Å². The van der Waals surface area contributed by atoms with Crippen molar-refractivity contribution in [3.8, 4) is 0 Å². The molecule has 0 radical (unpaired) electrons. The highest BCUT2D eigenvalue weighted by atomic mass is 16.5. The molecule has 0 aliphatic heterocycles. The van der Waals surface area contributed by atoms with Crippen molar-refractivity contribution in [2.45, 2.75) is 39.5 Å². The topological polar surface area (TPSA) is 63.6 Å². The monoisotopic (exact) mass is 228 g/mol. The number of unbranched alkanes of at least 4 members (excludes halogenated alkanes) is 1. The van der Waals surface area contributed by atoms with Crippen LogP contribution in [0.3, 0.4) is 0 Å². The molecule has 0 fully saturated rings. The van der Waals surface area contributed by atoms with Crippen LogP contribution in [-0.4, -0.2) is 23.7 Å². The number of carboxylic acids is 1. The highest BCUT2D eigenvalue weighted by Gasteiger charge is 2.08. The molecule has 0 aromatic rings. The predicted molar refractivity (Wildman–Crippen MR) is 61.0 cm³/mol. The molecule has 0 aromatic heterocycles. The Balaban J connectivity index is 3.83. The van der Waals surface area contributed by atoms with Gasteiger partial charge in [0.25, 0.3) is 0 Å². The van der Waals surface area contributed by atoms with Crippen LogP contribution in [0.1, 0.15) is 39.5 Å². The van der Waals surface area contributed by atoms with Crippen molar-refractivity contribution in [3.63, 3.8) is 0 Å². The predicted octanol–water partition coefficient (Wildman–Crippen LogP) is 2.39. The Bertz CT molecular complexity index is 245. The Morgan fingerprint density at radius 2 is 2.00 bits per heavy atom. The van der Waals surface area contributed by atoms with E-state index >= 15 is 0 Å². The largest absolute Gasteiger partial charge is 0.478 e. The summed E-state index contributed by atoms with van der Waals surface area (Å²) in [4.78, 5) is 21.2. The molecule has 92 valence electrons. The van der Waals surface area contributed by atoms with Gasteiger partial charge in [-0.2, -0.15) is 0 Å². The molecule has 0 rings (SSSR count). The Morgan fingerprint density at radius 1 is 1.31 bits per heavy atom. The van der Waals surface area contributed by atoms with Crippen molar-refractivity contribution < 1.29 is 19.4 Å². The van der Waals surface area contributed by atoms with Crippen LogP contribution in [0.2, 0.25) is 0 Å². The van der Waals surface area contributed by atoms with Crippen molar-refractivity contribution >= 4 is 11.9 Å². The molecule has 0 aliphatic rings. The molecule has 0 heterocycles. The minimum atomic E-state index is -1.14. The lowest BCUT2D eigenvalue weighted by Gasteiger charge is -2.13. The van der Waals surface area contributed by atoms with Gasteiger partial charge in [0.05, 0.1) is 6.61 Å². The fourth-order valence-electron chi connectivity index (χ4n) is 1.29. The first-order valence-corrected chi connectivity index (χ1v) is 5.67. The van der Waals surface area contributed by atoms with E-state index in [1.54, 1.807) is 0 Å². The van der Waals surface area contributed by atoms with Gasteiger partial charge < -0.3 is 9.84 Å². The fourth-order valence-corrected chi connectivity index (χ4v) is 1.29. The van der Waals surface area contributed by atoms with E-state index in [4.69, 9.17) is 9.84 Å². The van der Waals surface area contributed by atoms with Crippen LogP contribution < -0.4 is 0 Å². The first-order chi connectivity index (χ1) is 7.60. The standard InChI is InChI=1S/C12H20O4/c1-3-5-6-10(4-2)9-16-12(15)8-7-11(13)14/h7-8,10H,3-6,9H2,1-2H3,(H,13,14). The number of carboxylic acid groups (broad SMARTS) is 1. The van der Waals surface area contributed by atoms with Crippen LogP contribution in [-0.2, 0) is 14.3 Å². The van der Waals surface area contributed by atoms with Crippen LogP contribution >= 0.6 is 0 Å². The molecule has 0 saturated heterocycles. The third-order valence-electron chi connectivity index (χ3n) is 2.37. The Hall–Kier alpha value is -1.32. The molecule has 0 aromatic carbocycles. The lowest BCUT2D eigenvalue weighted by molar-refractivity contribution is -0.140. The number of hydrogen-bond acceptors (Lipinski definition) is 3. The lowest BCUT2D eigenvalue weighted by atomic mass is 10.0. The summed E-state index contributed by atoms with van der Waals surface area (Å²) in [5, 5.41) is 8.31. The smallest absolute Gasteiger partial charge is 0.331 e. The average Bonchev–Trinajstić information content (AvgIpc) is 2.26. The molecule has 4 nitrogen and oxygen atoms in total. The van der Waals surface area contributed by atoms with Gasteiger partial charge in [0.1, 0.15) is 0 Å². The number of rotatable bonds is 8. The van der Waals surface area contributed by atoms with E-state index in [1.807, 2.05) is 0 Å². The van der Waals surface area contributed by atoms with Crippen molar-refractivity contribution in [2.75, 3.05) is 6.61 Å². The first-order valence-electron chi connectivity index (χ1n) is 5.67. The number of esters is 1. The molecule has 0 amide bonds. The molecule has 0 saturated carbocycles. The molecule has 4 heteroatoms. The number of carbonyl (C=O) groups excluding carboxylic acids is 1. The maximum absolute atomic E-state index is 11.1. The normalized spacial score (nSPS) is 12.6. The number of carbonyl (C=O) groups is 2. The van der Waals surface area contributed by atoms with E-state index in [1.165, 1.54) is 0 Å². The number of ether oxygens (including phenoxy) is 1. The lowest BCUT2D eigenvalue weighted by Crippen LogP contribution is -2.12. The quantitative estimate of drug-likeness (QED) is 0.511. The molecular weight excluding hydrogens is 208 g/mol. The zero-order valence-corrected chi connectivity index (χ0v) is 9.94. The third kappa shape index (κ3) is 8.03. The maximum atomic E-state index is 11.1. The first kappa shape index (κ1) is 14.7. The highest BCUT2D eigenvalue weighted by Crippen LogP contribution is 2.12. The average molecular weight is 228 g/mol. The van der Waals surface area contributed by atoms with Crippen molar-refractivity contribution in [1.82, 2.24) is 0 Å². The second-order valence-electron chi connectivity index (χ2n) is 3.72. The van der Waals surface area contributed by atoms with Gasteiger partial charge in [0.2, 0.25) is 0 Å². The number of aliphatic carboxylic acids is 1. The van der Waals surface area contributed by atoms with Crippen LogP contribution in [0, 0.1) is 5.92 Å².